The number of hydrogen-bond donors (Lipinski definition) is 1. The molecule has 0 spiro atoms. The molecule has 0 saturated carbocycles. The summed E-state index contributed by atoms with van der Waals surface area (Å²) in [5, 5.41) is 3.62. The van der Waals surface area contributed by atoms with Crippen LogP contribution < -0.4 is 5.32 Å². The minimum Gasteiger partial charge on any atom is -0.314 e. The minimum absolute atomic E-state index is 0.512. The fourth-order valence-corrected chi connectivity index (χ4v) is 4.40. The van der Waals surface area contributed by atoms with Crippen LogP contribution in [0.1, 0.15) is 62.5 Å². The van der Waals surface area contributed by atoms with Crippen molar-refractivity contribution in [2.24, 2.45) is 0 Å². The predicted molar refractivity (Wildman–Crippen MR) is 116 cm³/mol. The second-order valence-electron chi connectivity index (χ2n) is 7.91. The number of benzene rings is 2. The molecule has 0 amide bonds. The third kappa shape index (κ3) is 6.19. The van der Waals surface area contributed by atoms with Crippen molar-refractivity contribution < 1.29 is 0 Å². The molecule has 27 heavy (non-hydrogen) atoms. The van der Waals surface area contributed by atoms with E-state index in [0.717, 1.165) is 13.1 Å². The highest BCUT2D eigenvalue weighted by Gasteiger charge is 2.22. The summed E-state index contributed by atoms with van der Waals surface area (Å²) in [6, 6.07) is 22.8. The Morgan fingerprint density at radius 2 is 1.59 bits per heavy atom. The molecule has 2 nitrogen and oxygen atoms in total. The monoisotopic (exact) mass is 364 g/mol. The van der Waals surface area contributed by atoms with E-state index in [1.807, 2.05) is 0 Å². The Bertz CT molecular complexity index is 586. The van der Waals surface area contributed by atoms with Crippen LogP contribution in [0.4, 0.5) is 0 Å². The van der Waals surface area contributed by atoms with Crippen molar-refractivity contribution in [1.29, 1.82) is 0 Å². The first-order valence-corrected chi connectivity index (χ1v) is 10.9. The topological polar surface area (TPSA) is 15.3 Å². The molecule has 1 aliphatic rings. The van der Waals surface area contributed by atoms with Gasteiger partial charge >= 0.3 is 0 Å². The first kappa shape index (κ1) is 20.1. The summed E-state index contributed by atoms with van der Waals surface area (Å²) < 4.78 is 0. The van der Waals surface area contributed by atoms with Crippen molar-refractivity contribution in [1.82, 2.24) is 10.2 Å². The van der Waals surface area contributed by atoms with Gasteiger partial charge in [0.1, 0.15) is 0 Å². The van der Waals surface area contributed by atoms with Gasteiger partial charge in [-0.1, -0.05) is 86.8 Å². The van der Waals surface area contributed by atoms with Gasteiger partial charge in [-0.3, -0.25) is 4.90 Å². The van der Waals surface area contributed by atoms with Crippen molar-refractivity contribution in [3.63, 3.8) is 0 Å². The van der Waals surface area contributed by atoms with Gasteiger partial charge in [0, 0.05) is 31.6 Å². The summed E-state index contributed by atoms with van der Waals surface area (Å²) in [7, 11) is 0. The molecular formula is C25H36N2. The van der Waals surface area contributed by atoms with Gasteiger partial charge in [-0.25, -0.2) is 0 Å². The summed E-state index contributed by atoms with van der Waals surface area (Å²) in [6.07, 6.45) is 7.84. The van der Waals surface area contributed by atoms with Gasteiger partial charge in [0.05, 0.1) is 0 Å². The number of piperazine rings is 1. The zero-order valence-electron chi connectivity index (χ0n) is 16.9. The molecule has 1 aliphatic heterocycles. The molecule has 0 bridgehead atoms. The normalized spacial score (nSPS) is 18.1. The van der Waals surface area contributed by atoms with Crippen LogP contribution in [0.2, 0.25) is 0 Å². The SMILES string of the molecule is CCCCCN1CCNCC1CCCC(c1ccccc1)c1ccccc1. The van der Waals surface area contributed by atoms with E-state index in [1.54, 1.807) is 0 Å². The number of unbranched alkanes of at least 4 members (excludes halogenated alkanes) is 2. The molecular weight excluding hydrogens is 328 g/mol. The Morgan fingerprint density at radius 1 is 0.926 bits per heavy atom. The van der Waals surface area contributed by atoms with Crippen LogP contribution in [-0.4, -0.2) is 37.1 Å². The van der Waals surface area contributed by atoms with E-state index in [-0.39, 0.29) is 0 Å². The van der Waals surface area contributed by atoms with Crippen molar-refractivity contribution in [2.75, 3.05) is 26.2 Å². The minimum atomic E-state index is 0.512. The van der Waals surface area contributed by atoms with Gasteiger partial charge in [-0.15, -0.1) is 0 Å². The van der Waals surface area contributed by atoms with Gasteiger partial charge in [0.15, 0.2) is 0 Å². The van der Waals surface area contributed by atoms with Crippen LogP contribution in [0.15, 0.2) is 60.7 Å². The zero-order chi connectivity index (χ0) is 18.7. The van der Waals surface area contributed by atoms with Crippen LogP contribution in [0, 0.1) is 0 Å². The van der Waals surface area contributed by atoms with Crippen molar-refractivity contribution >= 4 is 0 Å². The quantitative estimate of drug-likeness (QED) is 0.564. The van der Waals surface area contributed by atoms with E-state index in [4.69, 9.17) is 0 Å². The molecule has 2 heteroatoms. The molecule has 0 radical (unpaired) electrons. The number of nitrogens with one attached hydrogen (secondary N) is 1. The Hall–Kier alpha value is -1.64. The average Bonchev–Trinajstić information content (AvgIpc) is 2.74. The molecule has 146 valence electrons. The van der Waals surface area contributed by atoms with E-state index in [0.29, 0.717) is 12.0 Å². The summed E-state index contributed by atoms with van der Waals surface area (Å²) in [4.78, 5) is 2.74. The summed E-state index contributed by atoms with van der Waals surface area (Å²) in [5.41, 5.74) is 2.90. The van der Waals surface area contributed by atoms with Crippen molar-refractivity contribution in [2.45, 2.75) is 57.4 Å². The summed E-state index contributed by atoms with van der Waals surface area (Å²) in [6.45, 7) is 7.10. The van der Waals surface area contributed by atoms with Gasteiger partial charge in [0.2, 0.25) is 0 Å². The lowest BCUT2D eigenvalue weighted by atomic mass is 9.86. The first-order chi connectivity index (χ1) is 13.4. The van der Waals surface area contributed by atoms with Gasteiger partial charge in [0.25, 0.3) is 0 Å². The van der Waals surface area contributed by atoms with Gasteiger partial charge in [-0.2, -0.15) is 0 Å². The molecule has 2 aromatic rings. The highest BCUT2D eigenvalue weighted by Crippen LogP contribution is 2.30. The second-order valence-corrected chi connectivity index (χ2v) is 7.91. The Labute approximate surface area is 166 Å². The lowest BCUT2D eigenvalue weighted by molar-refractivity contribution is 0.147. The van der Waals surface area contributed by atoms with E-state index in [9.17, 15) is 0 Å². The maximum atomic E-state index is 3.62. The fourth-order valence-electron chi connectivity index (χ4n) is 4.40. The van der Waals surface area contributed by atoms with E-state index in [2.05, 4.69) is 77.8 Å². The van der Waals surface area contributed by atoms with E-state index < -0.39 is 0 Å². The number of rotatable bonds is 10. The lowest BCUT2D eigenvalue weighted by Crippen LogP contribution is -2.51. The average molecular weight is 365 g/mol. The molecule has 2 aromatic carbocycles. The Morgan fingerprint density at radius 3 is 2.22 bits per heavy atom. The molecule has 1 atom stereocenters. The molecule has 1 heterocycles. The van der Waals surface area contributed by atoms with Crippen LogP contribution >= 0.6 is 0 Å². The Balaban J connectivity index is 1.58. The summed E-state index contributed by atoms with van der Waals surface area (Å²) >= 11 is 0. The molecule has 1 fully saturated rings. The number of nitrogens with zero attached hydrogens (tertiary/aromatic N) is 1. The lowest BCUT2D eigenvalue weighted by Gasteiger charge is -2.36. The van der Waals surface area contributed by atoms with E-state index in [1.165, 1.54) is 62.7 Å². The second kappa shape index (κ2) is 11.3. The third-order valence-electron chi connectivity index (χ3n) is 5.96. The van der Waals surface area contributed by atoms with E-state index >= 15 is 0 Å². The van der Waals surface area contributed by atoms with Gasteiger partial charge < -0.3 is 5.32 Å². The molecule has 1 saturated heterocycles. The zero-order valence-corrected chi connectivity index (χ0v) is 16.9. The molecule has 1 N–H and O–H groups in total. The largest absolute Gasteiger partial charge is 0.314 e. The summed E-state index contributed by atoms with van der Waals surface area (Å²) in [5.74, 6) is 0.512. The molecule has 3 rings (SSSR count). The number of hydrogen-bond acceptors (Lipinski definition) is 2. The smallest absolute Gasteiger partial charge is 0.0221 e. The molecule has 0 aromatic heterocycles. The molecule has 0 aliphatic carbocycles. The third-order valence-corrected chi connectivity index (χ3v) is 5.96. The van der Waals surface area contributed by atoms with Gasteiger partial charge in [-0.05, 0) is 36.9 Å². The van der Waals surface area contributed by atoms with Crippen LogP contribution in [0.5, 0.6) is 0 Å². The Kier molecular flexibility index (Phi) is 8.38. The van der Waals surface area contributed by atoms with Crippen LogP contribution in [0.25, 0.3) is 0 Å². The highest BCUT2D eigenvalue weighted by molar-refractivity contribution is 5.32. The van der Waals surface area contributed by atoms with Crippen LogP contribution in [0.3, 0.4) is 0 Å². The fraction of sp³-hybridized carbons (Fsp3) is 0.520. The van der Waals surface area contributed by atoms with Crippen LogP contribution in [-0.2, 0) is 0 Å². The standard InChI is InChI=1S/C25H36N2/c1-2-3-10-19-27-20-18-26-21-24(27)16-11-17-25(22-12-6-4-7-13-22)23-14-8-5-9-15-23/h4-9,12-15,24-26H,2-3,10-11,16-21H2,1H3. The predicted octanol–water partition coefficient (Wildman–Crippen LogP) is 5.45. The maximum absolute atomic E-state index is 3.62. The first-order valence-electron chi connectivity index (χ1n) is 10.9. The molecule has 1 unspecified atom stereocenters. The van der Waals surface area contributed by atoms with Crippen molar-refractivity contribution in [3.05, 3.63) is 71.8 Å². The maximum Gasteiger partial charge on any atom is 0.0221 e. The van der Waals surface area contributed by atoms with Crippen molar-refractivity contribution in [3.8, 4) is 0 Å². The highest BCUT2D eigenvalue weighted by atomic mass is 15.2.